The van der Waals surface area contributed by atoms with E-state index in [1.165, 1.54) is 5.56 Å². The Labute approximate surface area is 112 Å². The third-order valence-electron chi connectivity index (χ3n) is 2.85. The zero-order valence-electron chi connectivity index (χ0n) is 10.8. The number of nitrogens with one attached hydrogen (secondary N) is 1. The zero-order valence-corrected chi connectivity index (χ0v) is 11.5. The van der Waals surface area contributed by atoms with E-state index >= 15 is 0 Å². The second-order valence-corrected chi connectivity index (χ2v) is 4.53. The van der Waals surface area contributed by atoms with Crippen molar-refractivity contribution in [2.24, 2.45) is 0 Å². The predicted molar refractivity (Wildman–Crippen MR) is 75.6 cm³/mol. The van der Waals surface area contributed by atoms with Crippen LogP contribution in [0.3, 0.4) is 0 Å². The normalized spacial score (nSPS) is 10.4. The van der Waals surface area contributed by atoms with Crippen LogP contribution in [0, 0.1) is 13.8 Å². The van der Waals surface area contributed by atoms with Crippen LogP contribution in [-0.4, -0.2) is 9.97 Å². The number of benzene rings is 1. The Hall–Kier alpha value is -1.61. The lowest BCUT2D eigenvalue weighted by atomic mass is 10.1. The van der Waals surface area contributed by atoms with Crippen molar-refractivity contribution >= 4 is 23.1 Å². The molecule has 0 bridgehead atoms. The lowest BCUT2D eigenvalue weighted by Crippen LogP contribution is -2.02. The summed E-state index contributed by atoms with van der Waals surface area (Å²) in [6, 6.07) is 8.19. The summed E-state index contributed by atoms with van der Waals surface area (Å²) < 4.78 is 0. The molecule has 0 aliphatic rings. The predicted octanol–water partition coefficient (Wildman–Crippen LogP) is 4.05. The summed E-state index contributed by atoms with van der Waals surface area (Å²) in [5, 5.41) is 3.84. The molecular weight excluding hydrogens is 246 g/mol. The van der Waals surface area contributed by atoms with E-state index in [4.69, 9.17) is 11.6 Å². The second-order valence-electron chi connectivity index (χ2n) is 4.17. The van der Waals surface area contributed by atoms with Crippen molar-refractivity contribution in [1.82, 2.24) is 9.97 Å². The number of hydrogen-bond donors (Lipinski definition) is 1. The lowest BCUT2D eigenvalue weighted by molar-refractivity contribution is 1.03. The van der Waals surface area contributed by atoms with Crippen molar-refractivity contribution < 1.29 is 0 Å². The molecule has 18 heavy (non-hydrogen) atoms. The van der Waals surface area contributed by atoms with Crippen molar-refractivity contribution in [2.75, 3.05) is 5.32 Å². The standard InChI is InChI=1S/C14H16ClN3/c1-4-11-7-5-6-8-12(11)18-14-9(2)13(15)16-10(3)17-14/h5-8H,4H2,1-3H3,(H,16,17,18). The molecule has 0 unspecified atom stereocenters. The molecule has 2 rings (SSSR count). The number of aryl methyl sites for hydroxylation is 2. The Morgan fingerprint density at radius 1 is 1.17 bits per heavy atom. The van der Waals surface area contributed by atoms with Gasteiger partial charge in [-0.3, -0.25) is 0 Å². The van der Waals surface area contributed by atoms with Crippen LogP contribution in [0.5, 0.6) is 0 Å². The number of nitrogens with zero attached hydrogens (tertiary/aromatic N) is 2. The maximum Gasteiger partial charge on any atom is 0.138 e. The molecule has 2 aromatic rings. The van der Waals surface area contributed by atoms with Gasteiger partial charge in [0.1, 0.15) is 16.8 Å². The monoisotopic (exact) mass is 261 g/mol. The highest BCUT2D eigenvalue weighted by molar-refractivity contribution is 6.30. The van der Waals surface area contributed by atoms with Crippen LogP contribution in [-0.2, 0) is 6.42 Å². The second kappa shape index (κ2) is 5.36. The Bertz CT molecular complexity index is 567. The highest BCUT2D eigenvalue weighted by Gasteiger charge is 2.08. The molecule has 0 saturated carbocycles. The number of hydrogen-bond acceptors (Lipinski definition) is 3. The molecule has 0 aliphatic carbocycles. The fourth-order valence-corrected chi connectivity index (χ4v) is 2.01. The number of halogens is 1. The quantitative estimate of drug-likeness (QED) is 0.847. The van der Waals surface area contributed by atoms with Crippen molar-refractivity contribution in [3.63, 3.8) is 0 Å². The van der Waals surface area contributed by atoms with E-state index in [0.717, 1.165) is 23.5 Å². The van der Waals surface area contributed by atoms with Crippen LogP contribution in [0.1, 0.15) is 23.9 Å². The van der Waals surface area contributed by atoms with Crippen molar-refractivity contribution in [3.8, 4) is 0 Å². The lowest BCUT2D eigenvalue weighted by Gasteiger charge is -2.13. The minimum absolute atomic E-state index is 0.499. The van der Waals surface area contributed by atoms with Crippen LogP contribution in [0.25, 0.3) is 0 Å². The van der Waals surface area contributed by atoms with Gasteiger partial charge in [0.15, 0.2) is 0 Å². The van der Waals surface area contributed by atoms with Crippen molar-refractivity contribution in [3.05, 3.63) is 46.4 Å². The Morgan fingerprint density at radius 2 is 1.89 bits per heavy atom. The molecule has 0 atom stereocenters. The van der Waals surface area contributed by atoms with E-state index < -0.39 is 0 Å². The Morgan fingerprint density at radius 3 is 2.61 bits per heavy atom. The summed E-state index contributed by atoms with van der Waals surface area (Å²) in [6.07, 6.45) is 0.972. The number of anilines is 2. The first-order valence-electron chi connectivity index (χ1n) is 5.97. The third kappa shape index (κ3) is 2.62. The molecule has 4 heteroatoms. The SMILES string of the molecule is CCc1ccccc1Nc1nc(C)nc(Cl)c1C. The fraction of sp³-hybridized carbons (Fsp3) is 0.286. The molecule has 0 fully saturated rings. The molecule has 0 aliphatic heterocycles. The molecule has 3 nitrogen and oxygen atoms in total. The largest absolute Gasteiger partial charge is 0.340 e. The van der Waals surface area contributed by atoms with Crippen molar-refractivity contribution in [1.29, 1.82) is 0 Å². The maximum atomic E-state index is 6.07. The van der Waals surface area contributed by atoms with Gasteiger partial charge >= 0.3 is 0 Å². The first-order valence-corrected chi connectivity index (χ1v) is 6.35. The Balaban J connectivity index is 2.40. The minimum atomic E-state index is 0.499. The van der Waals surface area contributed by atoms with Crippen LogP contribution in [0.15, 0.2) is 24.3 Å². The topological polar surface area (TPSA) is 37.8 Å². The van der Waals surface area contributed by atoms with Crippen LogP contribution in [0.4, 0.5) is 11.5 Å². The van der Waals surface area contributed by atoms with Gasteiger partial charge in [0.2, 0.25) is 0 Å². The molecule has 94 valence electrons. The summed E-state index contributed by atoms with van der Waals surface area (Å²) in [7, 11) is 0. The Kier molecular flexibility index (Phi) is 3.82. The number of aromatic nitrogens is 2. The summed E-state index contributed by atoms with van der Waals surface area (Å²) in [5.41, 5.74) is 3.19. The van der Waals surface area contributed by atoms with Gasteiger partial charge in [0.25, 0.3) is 0 Å². The van der Waals surface area contributed by atoms with Gasteiger partial charge < -0.3 is 5.32 Å². The van der Waals surface area contributed by atoms with E-state index in [2.05, 4.69) is 28.3 Å². The smallest absolute Gasteiger partial charge is 0.138 e. The van der Waals surface area contributed by atoms with E-state index in [0.29, 0.717) is 11.0 Å². The highest BCUT2D eigenvalue weighted by Crippen LogP contribution is 2.25. The van der Waals surface area contributed by atoms with Gasteiger partial charge in [-0.1, -0.05) is 36.7 Å². The molecule has 0 radical (unpaired) electrons. The zero-order chi connectivity index (χ0) is 13.1. The average Bonchev–Trinajstić information content (AvgIpc) is 2.36. The van der Waals surface area contributed by atoms with Crippen LogP contribution < -0.4 is 5.32 Å². The molecular formula is C14H16ClN3. The molecule has 0 saturated heterocycles. The van der Waals surface area contributed by atoms with Gasteiger partial charge in [0, 0.05) is 11.3 Å². The van der Waals surface area contributed by atoms with Gasteiger partial charge in [-0.25, -0.2) is 9.97 Å². The van der Waals surface area contributed by atoms with E-state index in [1.54, 1.807) is 0 Å². The number of para-hydroxylation sites is 1. The van der Waals surface area contributed by atoms with Gasteiger partial charge in [-0.05, 0) is 31.9 Å². The van der Waals surface area contributed by atoms with Crippen molar-refractivity contribution in [2.45, 2.75) is 27.2 Å². The average molecular weight is 262 g/mol. The molecule has 1 heterocycles. The molecule has 0 amide bonds. The molecule has 1 aromatic carbocycles. The fourth-order valence-electron chi connectivity index (χ4n) is 1.79. The molecule has 0 spiro atoms. The first-order chi connectivity index (χ1) is 8.61. The molecule has 1 aromatic heterocycles. The highest BCUT2D eigenvalue weighted by atomic mass is 35.5. The molecule has 1 N–H and O–H groups in total. The minimum Gasteiger partial charge on any atom is -0.340 e. The maximum absolute atomic E-state index is 6.07. The van der Waals surface area contributed by atoms with Crippen LogP contribution >= 0.6 is 11.6 Å². The van der Waals surface area contributed by atoms with E-state index in [1.807, 2.05) is 32.0 Å². The van der Waals surface area contributed by atoms with Gasteiger partial charge in [-0.15, -0.1) is 0 Å². The summed E-state index contributed by atoms with van der Waals surface area (Å²) in [6.45, 7) is 5.88. The summed E-state index contributed by atoms with van der Waals surface area (Å²) in [4.78, 5) is 8.53. The summed E-state index contributed by atoms with van der Waals surface area (Å²) in [5.74, 6) is 1.44. The summed E-state index contributed by atoms with van der Waals surface area (Å²) >= 11 is 6.07. The van der Waals surface area contributed by atoms with Gasteiger partial charge in [-0.2, -0.15) is 0 Å². The van der Waals surface area contributed by atoms with Gasteiger partial charge in [0.05, 0.1) is 0 Å². The first kappa shape index (κ1) is 12.8. The van der Waals surface area contributed by atoms with E-state index in [-0.39, 0.29) is 0 Å². The third-order valence-corrected chi connectivity index (χ3v) is 3.22. The van der Waals surface area contributed by atoms with Crippen LogP contribution in [0.2, 0.25) is 5.15 Å². The number of rotatable bonds is 3. The van der Waals surface area contributed by atoms with E-state index in [9.17, 15) is 0 Å².